The molecule has 216 valence electrons. The number of urea groups is 1. The summed E-state index contributed by atoms with van der Waals surface area (Å²) in [5, 5.41) is 17.9. The van der Waals surface area contributed by atoms with E-state index >= 15 is 0 Å². The summed E-state index contributed by atoms with van der Waals surface area (Å²) in [6.07, 6.45) is 9.96. The molecule has 3 amide bonds. The van der Waals surface area contributed by atoms with Crippen LogP contribution < -0.4 is 10.2 Å². The summed E-state index contributed by atoms with van der Waals surface area (Å²) < 4.78 is 0. The maximum atomic E-state index is 14.1. The normalized spacial score (nSPS) is 18.3. The molecule has 0 unspecified atom stereocenters. The van der Waals surface area contributed by atoms with Crippen molar-refractivity contribution in [1.29, 1.82) is 0 Å². The minimum absolute atomic E-state index is 0.0496. The number of anilines is 2. The molecule has 2 saturated carbocycles. The molecule has 1 aliphatic heterocycles. The van der Waals surface area contributed by atoms with Crippen LogP contribution in [-0.2, 0) is 20.8 Å². The van der Waals surface area contributed by atoms with Crippen LogP contribution in [0, 0.1) is 11.8 Å². The first-order valence-corrected chi connectivity index (χ1v) is 14.8. The lowest BCUT2D eigenvalue weighted by atomic mass is 9.82. The van der Waals surface area contributed by atoms with Gasteiger partial charge in [-0.1, -0.05) is 68.9 Å². The van der Waals surface area contributed by atoms with Crippen LogP contribution in [0.3, 0.4) is 0 Å². The molecule has 41 heavy (non-hydrogen) atoms. The minimum atomic E-state index is -0.962. The third-order valence-electron chi connectivity index (χ3n) is 8.38. The van der Waals surface area contributed by atoms with E-state index < -0.39 is 17.9 Å². The average Bonchev–Trinajstić information content (AvgIpc) is 3.08. The number of Topliss-reactive ketones (excluding diaryl/α,β-unsaturated/α-hetero) is 1. The van der Waals surface area contributed by atoms with Gasteiger partial charge in [0.25, 0.3) is 0 Å². The van der Waals surface area contributed by atoms with Crippen LogP contribution in [0.5, 0.6) is 0 Å². The summed E-state index contributed by atoms with van der Waals surface area (Å²) in [5.74, 6) is -1.27. The first kappa shape index (κ1) is 28.5. The summed E-state index contributed by atoms with van der Waals surface area (Å²) in [6.45, 7) is -0.385. The Bertz CT molecular complexity index is 1330. The molecule has 2 aromatic rings. The molecule has 2 fully saturated rings. The van der Waals surface area contributed by atoms with Crippen molar-refractivity contribution in [3.8, 4) is 0 Å². The SMILES string of the molecule is O=C(O)Cc1cccc(NC(=O)CN2N=C(C3CCCCC3)c3ccccc3N(CC(=O)C3CCCCC3)C2=O)c1. The zero-order valence-corrected chi connectivity index (χ0v) is 23.4. The van der Waals surface area contributed by atoms with Gasteiger partial charge in [0.05, 0.1) is 24.4 Å². The molecular weight excluding hydrogens is 520 g/mol. The number of nitrogens with one attached hydrogen (secondary N) is 1. The van der Waals surface area contributed by atoms with Gasteiger partial charge < -0.3 is 10.4 Å². The topological polar surface area (TPSA) is 119 Å². The smallest absolute Gasteiger partial charge is 0.345 e. The van der Waals surface area contributed by atoms with E-state index in [4.69, 9.17) is 10.2 Å². The number of amides is 3. The number of para-hydroxylation sites is 1. The van der Waals surface area contributed by atoms with Crippen molar-refractivity contribution in [3.05, 3.63) is 59.7 Å². The predicted molar refractivity (Wildman–Crippen MR) is 157 cm³/mol. The monoisotopic (exact) mass is 558 g/mol. The van der Waals surface area contributed by atoms with Crippen LogP contribution in [0.15, 0.2) is 53.6 Å². The Morgan fingerprint density at radius 1 is 0.878 bits per heavy atom. The molecule has 9 heteroatoms. The van der Waals surface area contributed by atoms with Crippen molar-refractivity contribution in [2.45, 2.75) is 70.6 Å². The molecule has 0 aromatic heterocycles. The standard InChI is InChI=1S/C32H38N4O5/c37-28(23-11-3-1-4-12-23)20-35-27-17-8-7-16-26(27)31(24-13-5-2-6-14-24)34-36(32(35)41)21-29(38)33-25-15-9-10-22(18-25)19-30(39)40/h7-10,15-18,23-24H,1-6,11-14,19-21H2,(H,33,38)(H,39,40). The lowest BCUT2D eigenvalue weighted by Crippen LogP contribution is -2.46. The highest BCUT2D eigenvalue weighted by Gasteiger charge is 2.36. The van der Waals surface area contributed by atoms with Gasteiger partial charge in [-0.2, -0.15) is 5.10 Å². The Kier molecular flexibility index (Phi) is 9.11. The van der Waals surface area contributed by atoms with Crippen molar-refractivity contribution in [2.75, 3.05) is 23.3 Å². The fraction of sp³-hybridized carbons (Fsp3) is 0.469. The van der Waals surface area contributed by atoms with Crippen LogP contribution in [0.25, 0.3) is 0 Å². The second-order valence-electron chi connectivity index (χ2n) is 11.4. The number of rotatable bonds is 9. The Balaban J connectivity index is 1.44. The van der Waals surface area contributed by atoms with E-state index in [1.165, 1.54) is 16.3 Å². The second-order valence-corrected chi connectivity index (χ2v) is 11.4. The summed E-state index contributed by atoms with van der Waals surface area (Å²) in [5.41, 5.74) is 3.29. The Hall–Kier alpha value is -4.01. The predicted octanol–water partition coefficient (Wildman–Crippen LogP) is 5.63. The van der Waals surface area contributed by atoms with Crippen LogP contribution in [0.4, 0.5) is 16.2 Å². The average molecular weight is 559 g/mol. The van der Waals surface area contributed by atoms with Gasteiger partial charge in [-0.05, 0) is 49.4 Å². The van der Waals surface area contributed by atoms with Gasteiger partial charge in [-0.3, -0.25) is 19.3 Å². The quantitative estimate of drug-likeness (QED) is 0.414. The number of carboxylic acid groups (broad SMARTS) is 1. The number of ketones is 1. The van der Waals surface area contributed by atoms with E-state index in [1.807, 2.05) is 24.3 Å². The fourth-order valence-corrected chi connectivity index (χ4v) is 6.31. The number of nitrogens with zero attached hydrogens (tertiary/aromatic N) is 3. The summed E-state index contributed by atoms with van der Waals surface area (Å²) in [4.78, 5) is 53.3. The van der Waals surface area contributed by atoms with Crippen molar-refractivity contribution in [2.24, 2.45) is 16.9 Å². The third-order valence-corrected chi connectivity index (χ3v) is 8.38. The van der Waals surface area contributed by atoms with Crippen molar-refractivity contribution in [3.63, 3.8) is 0 Å². The number of hydrogen-bond donors (Lipinski definition) is 2. The van der Waals surface area contributed by atoms with E-state index in [9.17, 15) is 19.2 Å². The lowest BCUT2D eigenvalue weighted by Gasteiger charge is -2.28. The van der Waals surface area contributed by atoms with Crippen LogP contribution >= 0.6 is 0 Å². The minimum Gasteiger partial charge on any atom is -0.481 e. The van der Waals surface area contributed by atoms with E-state index in [0.29, 0.717) is 16.9 Å². The molecule has 2 aromatic carbocycles. The lowest BCUT2D eigenvalue weighted by molar-refractivity contribution is -0.136. The number of carboxylic acids is 1. The van der Waals surface area contributed by atoms with Gasteiger partial charge in [0, 0.05) is 23.1 Å². The van der Waals surface area contributed by atoms with E-state index in [2.05, 4.69) is 5.32 Å². The van der Waals surface area contributed by atoms with Gasteiger partial charge in [0.15, 0.2) is 5.78 Å². The number of carbonyl (C=O) groups excluding carboxylic acids is 3. The molecule has 0 spiro atoms. The number of fused-ring (bicyclic) bond motifs is 1. The van der Waals surface area contributed by atoms with E-state index in [-0.39, 0.29) is 37.1 Å². The van der Waals surface area contributed by atoms with Gasteiger partial charge in [-0.15, -0.1) is 0 Å². The highest BCUT2D eigenvalue weighted by atomic mass is 16.4. The Morgan fingerprint density at radius 3 is 2.32 bits per heavy atom. The van der Waals surface area contributed by atoms with Crippen molar-refractivity contribution >= 4 is 40.8 Å². The molecule has 0 saturated heterocycles. The van der Waals surface area contributed by atoms with Gasteiger partial charge in [0.2, 0.25) is 5.91 Å². The summed E-state index contributed by atoms with van der Waals surface area (Å²) in [6, 6.07) is 13.8. The number of carbonyl (C=O) groups is 4. The Morgan fingerprint density at radius 2 is 1.59 bits per heavy atom. The highest BCUT2D eigenvalue weighted by molar-refractivity contribution is 6.13. The van der Waals surface area contributed by atoms with Crippen LogP contribution in [0.1, 0.15) is 75.3 Å². The van der Waals surface area contributed by atoms with E-state index in [0.717, 1.165) is 69.1 Å². The largest absolute Gasteiger partial charge is 0.481 e. The second kappa shape index (κ2) is 13.1. The van der Waals surface area contributed by atoms with Gasteiger partial charge in [-0.25, -0.2) is 9.80 Å². The summed E-state index contributed by atoms with van der Waals surface area (Å²) in [7, 11) is 0. The number of hydrogen-bond acceptors (Lipinski definition) is 5. The van der Waals surface area contributed by atoms with Crippen molar-refractivity contribution in [1.82, 2.24) is 5.01 Å². The molecule has 2 aliphatic carbocycles. The molecule has 1 heterocycles. The maximum absolute atomic E-state index is 14.1. The first-order valence-electron chi connectivity index (χ1n) is 14.8. The molecule has 3 aliphatic rings. The molecule has 9 nitrogen and oxygen atoms in total. The summed E-state index contributed by atoms with van der Waals surface area (Å²) >= 11 is 0. The zero-order chi connectivity index (χ0) is 28.8. The molecule has 2 N–H and O–H groups in total. The van der Waals surface area contributed by atoms with Gasteiger partial charge >= 0.3 is 12.0 Å². The molecule has 0 radical (unpaired) electrons. The third kappa shape index (κ3) is 7.01. The van der Waals surface area contributed by atoms with Gasteiger partial charge in [0.1, 0.15) is 6.54 Å². The zero-order valence-electron chi connectivity index (χ0n) is 23.4. The van der Waals surface area contributed by atoms with E-state index in [1.54, 1.807) is 24.3 Å². The van der Waals surface area contributed by atoms with Crippen LogP contribution in [0.2, 0.25) is 0 Å². The maximum Gasteiger partial charge on any atom is 0.345 e. The first-order chi connectivity index (χ1) is 19.9. The fourth-order valence-electron chi connectivity index (χ4n) is 6.31. The molecule has 5 rings (SSSR count). The number of hydrazone groups is 1. The molecule has 0 bridgehead atoms. The van der Waals surface area contributed by atoms with Crippen molar-refractivity contribution < 1.29 is 24.3 Å². The molecular formula is C32H38N4O5. The van der Waals surface area contributed by atoms with Crippen LogP contribution in [-0.4, -0.2) is 52.6 Å². The number of aliphatic carboxylic acids is 1. The molecule has 0 atom stereocenters. The number of benzene rings is 2. The highest BCUT2D eigenvalue weighted by Crippen LogP contribution is 2.35. The Labute approximate surface area is 240 Å².